The molecule has 108 valence electrons. The summed E-state index contributed by atoms with van der Waals surface area (Å²) >= 11 is 3.38. The Balaban J connectivity index is 1.57. The summed E-state index contributed by atoms with van der Waals surface area (Å²) in [6.07, 6.45) is 7.15. The average molecular weight is 338 g/mol. The van der Waals surface area contributed by atoms with E-state index >= 15 is 0 Å². The van der Waals surface area contributed by atoms with E-state index in [0.717, 1.165) is 22.9 Å². The summed E-state index contributed by atoms with van der Waals surface area (Å²) in [5.41, 5.74) is 0.984. The molecule has 1 aromatic rings. The van der Waals surface area contributed by atoms with Crippen molar-refractivity contribution in [1.29, 1.82) is 0 Å². The minimum absolute atomic E-state index is 0.0919. The molecule has 1 amide bonds. The molecule has 2 unspecified atom stereocenters. The minimum atomic E-state index is 0.0919. The van der Waals surface area contributed by atoms with Gasteiger partial charge in [0.1, 0.15) is 5.82 Å². The number of anilines is 1. The molecule has 2 N–H and O–H groups in total. The van der Waals surface area contributed by atoms with Crippen molar-refractivity contribution in [2.45, 2.75) is 51.1 Å². The van der Waals surface area contributed by atoms with E-state index in [2.05, 4.69) is 31.5 Å². The molecular weight excluding hydrogens is 318 g/mol. The van der Waals surface area contributed by atoms with Gasteiger partial charge in [-0.25, -0.2) is 4.98 Å². The maximum absolute atomic E-state index is 12.2. The van der Waals surface area contributed by atoms with Crippen molar-refractivity contribution in [3.8, 4) is 0 Å². The zero-order valence-corrected chi connectivity index (χ0v) is 13.2. The smallest absolute Gasteiger partial charge is 0.225 e. The topological polar surface area (TPSA) is 54.0 Å². The van der Waals surface area contributed by atoms with Crippen LogP contribution >= 0.6 is 15.9 Å². The molecule has 5 heteroatoms. The van der Waals surface area contributed by atoms with Crippen molar-refractivity contribution in [3.63, 3.8) is 0 Å². The number of nitrogens with zero attached hydrogens (tertiary/aromatic N) is 1. The number of rotatable bonds is 3. The van der Waals surface area contributed by atoms with Crippen molar-refractivity contribution >= 4 is 27.7 Å². The highest BCUT2D eigenvalue weighted by Gasteiger charge is 2.34. The summed E-state index contributed by atoms with van der Waals surface area (Å²) in [4.78, 5) is 16.4. The summed E-state index contributed by atoms with van der Waals surface area (Å²) in [6.45, 7) is 1.96. The average Bonchev–Trinajstić information content (AvgIpc) is 2.72. The first-order valence-electron chi connectivity index (χ1n) is 7.28. The standard InChI is InChI=1S/C15H20BrN3O/c1-9-4-11(16)8-17-15(9)19-14(20)7-10-5-12-2-3-13(6-10)18-12/h4,8,10,12-13,18H,2-3,5-7H2,1H3,(H,17,19,20). The van der Waals surface area contributed by atoms with Crippen molar-refractivity contribution in [2.75, 3.05) is 5.32 Å². The Labute approximate surface area is 127 Å². The molecule has 2 saturated heterocycles. The van der Waals surface area contributed by atoms with Gasteiger partial charge >= 0.3 is 0 Å². The lowest BCUT2D eigenvalue weighted by atomic mass is 9.89. The Hall–Kier alpha value is -0.940. The summed E-state index contributed by atoms with van der Waals surface area (Å²) in [5.74, 6) is 1.29. The number of carbonyl (C=O) groups excluding carboxylic acids is 1. The summed E-state index contributed by atoms with van der Waals surface area (Å²) in [5, 5.41) is 6.55. The number of nitrogens with one attached hydrogen (secondary N) is 2. The number of hydrogen-bond donors (Lipinski definition) is 2. The van der Waals surface area contributed by atoms with Gasteiger partial charge in [-0.15, -0.1) is 0 Å². The number of pyridine rings is 1. The van der Waals surface area contributed by atoms with Crippen LogP contribution in [-0.4, -0.2) is 23.0 Å². The molecular formula is C15H20BrN3O. The molecule has 3 rings (SSSR count). The number of aromatic nitrogens is 1. The van der Waals surface area contributed by atoms with Gasteiger partial charge in [0.05, 0.1) is 0 Å². The molecule has 0 aromatic carbocycles. The largest absolute Gasteiger partial charge is 0.311 e. The van der Waals surface area contributed by atoms with E-state index in [1.807, 2.05) is 13.0 Å². The van der Waals surface area contributed by atoms with Crippen LogP contribution in [0.4, 0.5) is 5.82 Å². The molecule has 2 fully saturated rings. The third-order valence-corrected chi connectivity index (χ3v) is 4.78. The van der Waals surface area contributed by atoms with Gasteiger partial charge in [0.25, 0.3) is 0 Å². The van der Waals surface area contributed by atoms with Gasteiger partial charge in [-0.2, -0.15) is 0 Å². The molecule has 1 aromatic heterocycles. The van der Waals surface area contributed by atoms with Crippen LogP contribution < -0.4 is 10.6 Å². The van der Waals surface area contributed by atoms with Crippen LogP contribution in [0.3, 0.4) is 0 Å². The van der Waals surface area contributed by atoms with Crippen LogP contribution in [0.5, 0.6) is 0 Å². The van der Waals surface area contributed by atoms with Crippen molar-refractivity contribution in [3.05, 3.63) is 22.3 Å². The van der Waals surface area contributed by atoms with Gasteiger partial charge < -0.3 is 10.6 Å². The molecule has 0 saturated carbocycles. The van der Waals surface area contributed by atoms with Crippen molar-refractivity contribution in [1.82, 2.24) is 10.3 Å². The van der Waals surface area contributed by atoms with E-state index < -0.39 is 0 Å². The Morgan fingerprint density at radius 2 is 2.15 bits per heavy atom. The SMILES string of the molecule is Cc1cc(Br)cnc1NC(=O)CC1CC2CCC(C1)N2. The Bertz CT molecular complexity index is 508. The predicted octanol–water partition coefficient (Wildman–Crippen LogP) is 3.01. The van der Waals surface area contributed by atoms with Gasteiger partial charge in [0.2, 0.25) is 5.91 Å². The Morgan fingerprint density at radius 3 is 2.80 bits per heavy atom. The molecule has 0 radical (unpaired) electrons. The summed E-state index contributed by atoms with van der Waals surface area (Å²) in [7, 11) is 0. The maximum atomic E-state index is 12.2. The van der Waals surface area contributed by atoms with Crippen LogP contribution in [0.2, 0.25) is 0 Å². The zero-order valence-electron chi connectivity index (χ0n) is 11.7. The number of halogens is 1. The number of piperidine rings is 1. The third-order valence-electron chi connectivity index (χ3n) is 4.35. The maximum Gasteiger partial charge on any atom is 0.225 e. The van der Waals surface area contributed by atoms with E-state index in [4.69, 9.17) is 0 Å². The van der Waals surface area contributed by atoms with Crippen LogP contribution in [0.25, 0.3) is 0 Å². The minimum Gasteiger partial charge on any atom is -0.311 e. The van der Waals surface area contributed by atoms with Gasteiger partial charge in [0.15, 0.2) is 0 Å². The van der Waals surface area contributed by atoms with E-state index in [1.165, 1.54) is 12.8 Å². The number of amides is 1. The van der Waals surface area contributed by atoms with Crippen molar-refractivity contribution in [2.24, 2.45) is 5.92 Å². The van der Waals surface area contributed by atoms with E-state index in [9.17, 15) is 4.79 Å². The first-order chi connectivity index (χ1) is 9.60. The van der Waals surface area contributed by atoms with Crippen LogP contribution in [-0.2, 0) is 4.79 Å². The van der Waals surface area contributed by atoms with Crippen LogP contribution in [0.1, 0.15) is 37.7 Å². The predicted molar refractivity (Wildman–Crippen MR) is 82.6 cm³/mol. The summed E-state index contributed by atoms with van der Waals surface area (Å²) < 4.78 is 0.933. The van der Waals surface area contributed by atoms with Crippen LogP contribution in [0.15, 0.2) is 16.7 Å². The second kappa shape index (κ2) is 5.82. The molecule has 2 atom stereocenters. The van der Waals surface area contributed by atoms with Crippen LogP contribution in [0, 0.1) is 12.8 Å². The fourth-order valence-corrected chi connectivity index (χ4v) is 3.90. The Morgan fingerprint density at radius 1 is 1.45 bits per heavy atom. The lowest BCUT2D eigenvalue weighted by Crippen LogP contribution is -2.39. The molecule has 0 aliphatic carbocycles. The van der Waals surface area contributed by atoms with Gasteiger partial charge in [-0.1, -0.05) is 0 Å². The Kier molecular flexibility index (Phi) is 4.08. The highest BCUT2D eigenvalue weighted by atomic mass is 79.9. The first kappa shape index (κ1) is 14.0. The van der Waals surface area contributed by atoms with E-state index in [0.29, 0.717) is 30.2 Å². The number of aryl methyl sites for hydroxylation is 1. The van der Waals surface area contributed by atoms with Gasteiger partial charge in [-0.3, -0.25) is 4.79 Å². The molecule has 20 heavy (non-hydrogen) atoms. The second-order valence-electron chi connectivity index (χ2n) is 6.05. The first-order valence-corrected chi connectivity index (χ1v) is 8.07. The second-order valence-corrected chi connectivity index (χ2v) is 6.96. The monoisotopic (exact) mass is 337 g/mol. The number of fused-ring (bicyclic) bond motifs is 2. The number of carbonyl (C=O) groups is 1. The zero-order chi connectivity index (χ0) is 14.1. The molecule has 3 heterocycles. The third kappa shape index (κ3) is 3.20. The molecule has 2 aliphatic rings. The number of hydrogen-bond acceptors (Lipinski definition) is 3. The van der Waals surface area contributed by atoms with E-state index in [-0.39, 0.29) is 5.91 Å². The molecule has 4 nitrogen and oxygen atoms in total. The molecule has 2 aliphatic heterocycles. The normalized spacial score (nSPS) is 28.4. The van der Waals surface area contributed by atoms with Gasteiger partial charge in [-0.05, 0) is 66.1 Å². The molecule has 0 spiro atoms. The highest BCUT2D eigenvalue weighted by Crippen LogP contribution is 2.32. The quantitative estimate of drug-likeness (QED) is 0.891. The summed E-state index contributed by atoms with van der Waals surface area (Å²) in [6, 6.07) is 3.24. The lowest BCUT2D eigenvalue weighted by Gasteiger charge is -2.28. The lowest BCUT2D eigenvalue weighted by molar-refractivity contribution is -0.117. The highest BCUT2D eigenvalue weighted by molar-refractivity contribution is 9.10. The van der Waals surface area contributed by atoms with E-state index in [1.54, 1.807) is 6.20 Å². The fourth-order valence-electron chi connectivity index (χ4n) is 3.46. The van der Waals surface area contributed by atoms with Crippen molar-refractivity contribution < 1.29 is 4.79 Å². The van der Waals surface area contributed by atoms with Gasteiger partial charge in [0, 0.05) is 29.2 Å². The fraction of sp³-hybridized carbons (Fsp3) is 0.600. The molecule has 2 bridgehead atoms.